The van der Waals surface area contributed by atoms with Crippen LogP contribution in [0.15, 0.2) is 65.2 Å². The van der Waals surface area contributed by atoms with Crippen molar-refractivity contribution in [1.82, 2.24) is 14.8 Å². The normalized spacial score (nSPS) is 15.9. The second-order valence-electron chi connectivity index (χ2n) is 6.80. The van der Waals surface area contributed by atoms with E-state index >= 15 is 0 Å². The van der Waals surface area contributed by atoms with Crippen molar-refractivity contribution >= 4 is 11.7 Å². The van der Waals surface area contributed by atoms with Gasteiger partial charge >= 0.3 is 0 Å². The van der Waals surface area contributed by atoms with E-state index in [1.54, 1.807) is 6.20 Å². The van der Waals surface area contributed by atoms with Crippen molar-refractivity contribution in [3.8, 4) is 11.3 Å². The van der Waals surface area contributed by atoms with Crippen molar-refractivity contribution in [3.05, 3.63) is 66.4 Å². The second-order valence-corrected chi connectivity index (χ2v) is 6.80. The van der Waals surface area contributed by atoms with Crippen molar-refractivity contribution in [2.75, 3.05) is 38.5 Å². The molecule has 1 aliphatic rings. The van der Waals surface area contributed by atoms with Gasteiger partial charge in [0.1, 0.15) is 0 Å². The predicted octanol–water partition coefficient (Wildman–Crippen LogP) is 3.83. The maximum absolute atomic E-state index is 5.80. The number of likely N-dealkylation sites (N-methyl/N-ethyl adjacent to an activating group) is 1. The van der Waals surface area contributed by atoms with Gasteiger partial charge in [-0.25, -0.2) is 4.98 Å². The first kappa shape index (κ1) is 16.8. The number of benzene rings is 2. The smallest absolute Gasteiger partial charge is 0.299 e. The topological polar surface area (TPSA) is 44.5 Å². The molecule has 0 unspecified atom stereocenters. The van der Waals surface area contributed by atoms with Crippen LogP contribution >= 0.6 is 0 Å². The molecule has 1 aliphatic heterocycles. The first-order valence-corrected chi connectivity index (χ1v) is 9.04. The lowest BCUT2D eigenvalue weighted by molar-refractivity contribution is 0.148. The van der Waals surface area contributed by atoms with Crippen LogP contribution in [0, 0.1) is 0 Å². The Bertz CT molecular complexity index is 821. The van der Waals surface area contributed by atoms with Crippen molar-refractivity contribution < 1.29 is 4.42 Å². The highest BCUT2D eigenvalue weighted by Gasteiger charge is 2.13. The number of nitrogens with one attached hydrogen (secondary N) is 1. The van der Waals surface area contributed by atoms with Gasteiger partial charge in [-0.05, 0) is 24.7 Å². The van der Waals surface area contributed by atoms with Crippen LogP contribution in [-0.4, -0.2) is 48.0 Å². The average molecular weight is 348 g/mol. The summed E-state index contributed by atoms with van der Waals surface area (Å²) >= 11 is 0. The monoisotopic (exact) mass is 348 g/mol. The first-order chi connectivity index (χ1) is 12.8. The van der Waals surface area contributed by atoms with Crippen LogP contribution in [0.1, 0.15) is 5.56 Å². The summed E-state index contributed by atoms with van der Waals surface area (Å²) in [5, 5.41) is 3.23. The molecular weight excluding hydrogens is 324 g/mol. The minimum atomic E-state index is 0.510. The van der Waals surface area contributed by atoms with Gasteiger partial charge in [-0.15, -0.1) is 0 Å². The molecule has 0 atom stereocenters. The molecule has 0 radical (unpaired) electrons. The predicted molar refractivity (Wildman–Crippen MR) is 104 cm³/mol. The Morgan fingerprint density at radius 2 is 1.69 bits per heavy atom. The quantitative estimate of drug-likeness (QED) is 0.759. The molecular formula is C21H24N4O. The zero-order valence-corrected chi connectivity index (χ0v) is 15.1. The Morgan fingerprint density at radius 3 is 2.42 bits per heavy atom. The van der Waals surface area contributed by atoms with E-state index in [0.717, 1.165) is 49.7 Å². The largest absolute Gasteiger partial charge is 0.423 e. The molecule has 0 saturated carbocycles. The molecule has 0 aliphatic carbocycles. The number of oxazole rings is 1. The lowest BCUT2D eigenvalue weighted by atomic mass is 10.2. The Labute approximate surface area is 154 Å². The summed E-state index contributed by atoms with van der Waals surface area (Å²) < 4.78 is 5.80. The Hall–Kier alpha value is -2.63. The summed E-state index contributed by atoms with van der Waals surface area (Å²) in [7, 11) is 2.18. The minimum absolute atomic E-state index is 0.510. The molecule has 1 N–H and O–H groups in total. The van der Waals surface area contributed by atoms with E-state index in [-0.39, 0.29) is 0 Å². The number of nitrogens with zero attached hydrogens (tertiary/aromatic N) is 3. The molecule has 2 heterocycles. The van der Waals surface area contributed by atoms with E-state index in [2.05, 4.69) is 51.4 Å². The first-order valence-electron chi connectivity index (χ1n) is 9.04. The maximum atomic E-state index is 5.80. The van der Waals surface area contributed by atoms with Crippen LogP contribution < -0.4 is 5.32 Å². The molecule has 1 saturated heterocycles. The number of piperazine rings is 1. The van der Waals surface area contributed by atoms with Crippen molar-refractivity contribution in [2.45, 2.75) is 6.54 Å². The van der Waals surface area contributed by atoms with Crippen LogP contribution in [0.3, 0.4) is 0 Å². The third-order valence-electron chi connectivity index (χ3n) is 4.77. The fraction of sp³-hybridized carbons (Fsp3) is 0.286. The molecule has 0 spiro atoms. The van der Waals surface area contributed by atoms with Gasteiger partial charge in [0.25, 0.3) is 6.01 Å². The fourth-order valence-corrected chi connectivity index (χ4v) is 3.15. The molecule has 5 heteroatoms. The van der Waals surface area contributed by atoms with E-state index in [0.29, 0.717) is 6.01 Å². The highest BCUT2D eigenvalue weighted by Crippen LogP contribution is 2.24. The standard InChI is InChI=1S/C21H24N4O/c1-24-11-13-25(14-12-24)16-17-7-9-19(10-8-17)23-21-22-15-20(26-21)18-5-3-2-4-6-18/h2-10,15H,11-14,16H2,1H3,(H,22,23). The SMILES string of the molecule is CN1CCN(Cc2ccc(Nc3ncc(-c4ccccc4)o3)cc2)CC1. The third-order valence-corrected chi connectivity index (χ3v) is 4.77. The number of aromatic nitrogens is 1. The summed E-state index contributed by atoms with van der Waals surface area (Å²) in [4.78, 5) is 9.20. The van der Waals surface area contributed by atoms with Crippen LogP contribution in [0.4, 0.5) is 11.7 Å². The molecule has 1 fully saturated rings. The second kappa shape index (κ2) is 7.72. The highest BCUT2D eigenvalue weighted by molar-refractivity contribution is 5.59. The molecule has 2 aromatic carbocycles. The zero-order chi connectivity index (χ0) is 17.8. The van der Waals surface area contributed by atoms with Crippen LogP contribution in [0.5, 0.6) is 0 Å². The summed E-state index contributed by atoms with van der Waals surface area (Å²) in [5.41, 5.74) is 3.33. The maximum Gasteiger partial charge on any atom is 0.299 e. The molecule has 134 valence electrons. The molecule has 5 nitrogen and oxygen atoms in total. The van der Waals surface area contributed by atoms with Gasteiger partial charge < -0.3 is 14.6 Å². The zero-order valence-electron chi connectivity index (χ0n) is 15.1. The van der Waals surface area contributed by atoms with Crippen molar-refractivity contribution in [2.24, 2.45) is 0 Å². The van der Waals surface area contributed by atoms with Crippen molar-refractivity contribution in [3.63, 3.8) is 0 Å². The Balaban J connectivity index is 1.36. The van der Waals surface area contributed by atoms with Gasteiger partial charge in [0.2, 0.25) is 0 Å². The molecule has 4 rings (SSSR count). The lowest BCUT2D eigenvalue weighted by Crippen LogP contribution is -2.43. The van der Waals surface area contributed by atoms with Gasteiger partial charge in [-0.1, -0.05) is 42.5 Å². The number of hydrogen-bond acceptors (Lipinski definition) is 5. The lowest BCUT2D eigenvalue weighted by Gasteiger charge is -2.32. The van der Waals surface area contributed by atoms with Crippen molar-refractivity contribution in [1.29, 1.82) is 0 Å². The summed E-state index contributed by atoms with van der Waals surface area (Å²) in [6, 6.07) is 19.0. The number of hydrogen-bond donors (Lipinski definition) is 1. The molecule has 0 bridgehead atoms. The van der Waals surface area contributed by atoms with Crippen LogP contribution in [-0.2, 0) is 6.54 Å². The summed E-state index contributed by atoms with van der Waals surface area (Å²) in [6.45, 7) is 5.57. The minimum Gasteiger partial charge on any atom is -0.423 e. The van der Waals surface area contributed by atoms with Gasteiger partial charge in [0.05, 0.1) is 6.20 Å². The molecule has 0 amide bonds. The van der Waals surface area contributed by atoms with E-state index in [9.17, 15) is 0 Å². The van der Waals surface area contributed by atoms with Gasteiger partial charge in [0, 0.05) is 44.0 Å². The highest BCUT2D eigenvalue weighted by atomic mass is 16.4. The van der Waals surface area contributed by atoms with E-state index in [1.807, 2.05) is 30.3 Å². The summed E-state index contributed by atoms with van der Waals surface area (Å²) in [6.07, 6.45) is 1.75. The average Bonchev–Trinajstić information content (AvgIpc) is 3.14. The Morgan fingerprint density at radius 1 is 0.962 bits per heavy atom. The van der Waals surface area contributed by atoms with Crippen LogP contribution in [0.2, 0.25) is 0 Å². The number of rotatable bonds is 5. The summed E-state index contributed by atoms with van der Waals surface area (Å²) in [5.74, 6) is 0.764. The van der Waals surface area contributed by atoms with Gasteiger partial charge in [0.15, 0.2) is 5.76 Å². The molecule has 3 aromatic rings. The van der Waals surface area contributed by atoms with Crippen LogP contribution in [0.25, 0.3) is 11.3 Å². The van der Waals surface area contributed by atoms with Gasteiger partial charge in [-0.2, -0.15) is 0 Å². The Kier molecular flexibility index (Phi) is 5.00. The molecule has 26 heavy (non-hydrogen) atoms. The third kappa shape index (κ3) is 4.12. The van der Waals surface area contributed by atoms with E-state index in [4.69, 9.17) is 4.42 Å². The van der Waals surface area contributed by atoms with E-state index < -0.39 is 0 Å². The fourth-order valence-electron chi connectivity index (χ4n) is 3.15. The van der Waals surface area contributed by atoms with E-state index in [1.165, 1.54) is 5.56 Å². The number of anilines is 2. The molecule has 1 aromatic heterocycles. The van der Waals surface area contributed by atoms with Gasteiger partial charge in [-0.3, -0.25) is 4.90 Å².